The molecule has 0 amide bonds. The van der Waals surface area contributed by atoms with Gasteiger partial charge in [0.25, 0.3) is 0 Å². The molecule has 66 valence electrons. The Balaban J connectivity index is 0. The molecule has 0 saturated carbocycles. The first-order valence-corrected chi connectivity index (χ1v) is 3.14. The van der Waals surface area contributed by atoms with Crippen LogP contribution in [0, 0.1) is 0 Å². The summed E-state index contributed by atoms with van der Waals surface area (Å²) in [6.45, 7) is 0. The van der Waals surface area contributed by atoms with Gasteiger partial charge in [-0.25, -0.2) is 4.79 Å². The second kappa shape index (κ2) is 8.07. The molecule has 1 rings (SSSR count). The van der Waals surface area contributed by atoms with E-state index in [0.29, 0.717) is 0 Å². The van der Waals surface area contributed by atoms with Gasteiger partial charge in [-0.1, -0.05) is 12.1 Å². The maximum absolute atomic E-state index is 10.3. The Morgan fingerprint density at radius 3 is 2.08 bits per heavy atom. The van der Waals surface area contributed by atoms with Gasteiger partial charge in [-0.2, -0.15) is 7.11 Å². The van der Waals surface area contributed by atoms with Crippen molar-refractivity contribution in [1.29, 1.82) is 0 Å². The molecular weight excluding hydrogens is 183 g/mol. The number of rotatable bonds is 1. The van der Waals surface area contributed by atoms with E-state index in [2.05, 4.69) is 0 Å². The third-order valence-corrected chi connectivity index (χ3v) is 1.13. The van der Waals surface area contributed by atoms with E-state index in [0.717, 1.165) is 7.11 Å². The van der Waals surface area contributed by atoms with Crippen LogP contribution in [0.1, 0.15) is 10.4 Å². The fourth-order valence-corrected chi connectivity index (χ4v) is 0.654. The summed E-state index contributed by atoms with van der Waals surface area (Å²) in [5.41, 5.74) is -0.0671. The summed E-state index contributed by atoms with van der Waals surface area (Å²) in [6.07, 6.45) is 0. The van der Waals surface area contributed by atoms with Gasteiger partial charge in [-0.3, -0.25) is 0 Å². The number of para-hydroxylation sites is 1. The Kier molecular flexibility index (Phi) is 9.27. The minimum atomic E-state index is -1.11. The predicted octanol–water partition coefficient (Wildman–Crippen LogP) is -2.93. The van der Waals surface area contributed by atoms with Crippen molar-refractivity contribution in [2.24, 2.45) is 0 Å². The molecule has 0 unspecified atom stereocenters. The molecule has 0 fully saturated rings. The summed E-state index contributed by atoms with van der Waals surface area (Å²) in [6, 6.07) is 5.81. The molecule has 5 heteroatoms. The normalized spacial score (nSPS) is 7.54. The fraction of sp³-hybridized carbons (Fsp3) is 0.125. The maximum atomic E-state index is 10.3. The smallest absolute Gasteiger partial charge is 0.857 e. The Hall–Kier alpha value is -0.550. The van der Waals surface area contributed by atoms with Crippen LogP contribution in [-0.4, -0.2) is 23.3 Å². The number of hydrogen-bond acceptors (Lipinski definition) is 3. The summed E-state index contributed by atoms with van der Waals surface area (Å²) in [5, 5.41) is 25.6. The first-order valence-electron chi connectivity index (χ1n) is 3.14. The van der Waals surface area contributed by atoms with Crippen molar-refractivity contribution in [2.75, 3.05) is 7.11 Å². The van der Waals surface area contributed by atoms with Crippen LogP contribution in [0.25, 0.3) is 0 Å². The van der Waals surface area contributed by atoms with Gasteiger partial charge in [0, 0.05) is 0 Å². The van der Waals surface area contributed by atoms with Crippen molar-refractivity contribution >= 4 is 5.97 Å². The van der Waals surface area contributed by atoms with E-state index in [1.54, 1.807) is 12.1 Å². The van der Waals surface area contributed by atoms with Crippen molar-refractivity contribution in [3.8, 4) is 5.75 Å². The number of carbonyl (C=O) groups is 1. The molecule has 1 aromatic rings. The largest absolute Gasteiger partial charge is 1.00 e. The molecule has 0 aliphatic heterocycles. The predicted molar refractivity (Wildman–Crippen MR) is 41.0 cm³/mol. The Labute approximate surface area is 98.1 Å². The molecule has 0 radical (unpaired) electrons. The minimum absolute atomic E-state index is 0. The zero-order valence-electron chi connectivity index (χ0n) is 7.52. The van der Waals surface area contributed by atoms with E-state index in [9.17, 15) is 4.79 Å². The summed E-state index contributed by atoms with van der Waals surface area (Å²) < 4.78 is 0. The van der Waals surface area contributed by atoms with Crippen LogP contribution >= 0.6 is 0 Å². The van der Waals surface area contributed by atoms with E-state index < -0.39 is 5.97 Å². The average Bonchev–Trinajstić information content (AvgIpc) is 2.08. The second-order valence-corrected chi connectivity index (χ2v) is 1.82. The van der Waals surface area contributed by atoms with Crippen molar-refractivity contribution in [1.82, 2.24) is 0 Å². The standard InChI is InChI=1S/C7H6O3.CH3O.Na/c8-6-4-2-1-3-5(6)7(9)10;1-2;/h1-4,8H,(H,9,10);1H3;/q;-1;+1. The Bertz CT molecular complexity index is 262. The van der Waals surface area contributed by atoms with Crippen molar-refractivity contribution in [2.45, 2.75) is 0 Å². The molecule has 0 atom stereocenters. The third kappa shape index (κ3) is 4.90. The van der Waals surface area contributed by atoms with Gasteiger partial charge >= 0.3 is 35.5 Å². The minimum Gasteiger partial charge on any atom is -0.857 e. The summed E-state index contributed by atoms with van der Waals surface area (Å²) in [5.74, 6) is -1.31. The summed E-state index contributed by atoms with van der Waals surface area (Å²) in [4.78, 5) is 10.3. The van der Waals surface area contributed by atoms with Crippen molar-refractivity contribution in [3.63, 3.8) is 0 Å². The second-order valence-electron chi connectivity index (χ2n) is 1.82. The molecule has 4 nitrogen and oxygen atoms in total. The van der Waals surface area contributed by atoms with Gasteiger partial charge in [0.05, 0.1) is 0 Å². The number of benzene rings is 1. The van der Waals surface area contributed by atoms with Crippen molar-refractivity contribution < 1.29 is 49.7 Å². The van der Waals surface area contributed by atoms with Crippen LogP contribution < -0.4 is 34.7 Å². The van der Waals surface area contributed by atoms with Gasteiger partial charge in [0.1, 0.15) is 11.3 Å². The number of carboxylic acids is 1. The topological polar surface area (TPSA) is 80.6 Å². The fourth-order valence-electron chi connectivity index (χ4n) is 0.654. The van der Waals surface area contributed by atoms with Crippen LogP contribution in [0.4, 0.5) is 0 Å². The molecule has 0 aromatic heterocycles. The van der Waals surface area contributed by atoms with Crippen LogP contribution in [0.5, 0.6) is 5.75 Å². The van der Waals surface area contributed by atoms with E-state index in [1.165, 1.54) is 12.1 Å². The number of carboxylic acid groups (broad SMARTS) is 1. The van der Waals surface area contributed by atoms with Crippen molar-refractivity contribution in [3.05, 3.63) is 29.8 Å². The molecule has 13 heavy (non-hydrogen) atoms. The third-order valence-electron chi connectivity index (χ3n) is 1.13. The zero-order chi connectivity index (χ0) is 9.56. The van der Waals surface area contributed by atoms with Crippen LogP contribution in [0.3, 0.4) is 0 Å². The average molecular weight is 192 g/mol. The van der Waals surface area contributed by atoms with Gasteiger partial charge in [0.15, 0.2) is 0 Å². The van der Waals surface area contributed by atoms with Gasteiger partial charge in [-0.05, 0) is 12.1 Å². The van der Waals surface area contributed by atoms with Gasteiger partial charge in [-0.15, -0.1) is 0 Å². The van der Waals surface area contributed by atoms with Gasteiger partial charge in [0.2, 0.25) is 0 Å². The first-order chi connectivity index (χ1) is 5.72. The molecule has 0 spiro atoms. The SMILES string of the molecule is C[O-].O=C(O)c1ccccc1O.[Na+]. The van der Waals surface area contributed by atoms with E-state index >= 15 is 0 Å². The Morgan fingerprint density at radius 2 is 1.77 bits per heavy atom. The van der Waals surface area contributed by atoms with E-state index in [1.807, 2.05) is 0 Å². The Morgan fingerprint density at radius 1 is 1.31 bits per heavy atom. The van der Waals surface area contributed by atoms with Crippen LogP contribution in [-0.2, 0) is 0 Å². The number of aromatic carboxylic acids is 1. The van der Waals surface area contributed by atoms with Crippen LogP contribution in [0.15, 0.2) is 24.3 Å². The van der Waals surface area contributed by atoms with E-state index in [-0.39, 0.29) is 40.9 Å². The van der Waals surface area contributed by atoms with Crippen LogP contribution in [0.2, 0.25) is 0 Å². The quantitative estimate of drug-likeness (QED) is 0.467. The first kappa shape index (κ1) is 14.9. The number of aromatic hydroxyl groups is 1. The summed E-state index contributed by atoms with van der Waals surface area (Å²) in [7, 11) is 0.750. The molecule has 0 aliphatic carbocycles. The molecular formula is C8H9NaO4. The maximum Gasteiger partial charge on any atom is 1.00 e. The van der Waals surface area contributed by atoms with Gasteiger partial charge < -0.3 is 15.3 Å². The molecule has 0 saturated heterocycles. The van der Waals surface area contributed by atoms with E-state index in [4.69, 9.17) is 15.3 Å². The number of hydrogen-bond donors (Lipinski definition) is 2. The number of phenols is 1. The zero-order valence-corrected chi connectivity index (χ0v) is 9.52. The monoisotopic (exact) mass is 192 g/mol. The molecule has 0 aliphatic rings. The molecule has 1 aromatic carbocycles. The summed E-state index contributed by atoms with van der Waals surface area (Å²) >= 11 is 0. The molecule has 2 N–H and O–H groups in total. The molecule has 0 bridgehead atoms. The molecule has 0 heterocycles.